The summed E-state index contributed by atoms with van der Waals surface area (Å²) in [6.07, 6.45) is 9.73. The molecule has 1 saturated heterocycles. The first kappa shape index (κ1) is 26.3. The number of nitrogens with one attached hydrogen (secondary N) is 1. The number of nitrogens with zero attached hydrogens (tertiary/aromatic N) is 4. The van der Waals surface area contributed by atoms with Crippen LogP contribution in [0, 0.1) is 5.82 Å². The zero-order valence-electron chi connectivity index (χ0n) is 20.1. The highest BCUT2D eigenvalue weighted by Crippen LogP contribution is 2.15. The SMILES string of the molecule is CCCCCCN1CCN(S(C)(=O)=O)C(C(=O)NCCc2cncn2Cc2ccc(F)cc2)C1. The Kier molecular flexibility index (Phi) is 9.61. The van der Waals surface area contributed by atoms with Crippen molar-refractivity contribution in [1.29, 1.82) is 0 Å². The number of rotatable bonds is 12. The second-order valence-electron chi connectivity index (χ2n) is 8.93. The Bertz CT molecular complexity index is 1030. The number of benzene rings is 1. The van der Waals surface area contributed by atoms with Gasteiger partial charge in [-0.05, 0) is 30.7 Å². The van der Waals surface area contributed by atoms with E-state index >= 15 is 0 Å². The van der Waals surface area contributed by atoms with Crippen molar-refractivity contribution >= 4 is 15.9 Å². The lowest BCUT2D eigenvalue weighted by Gasteiger charge is -2.39. The number of halogens is 1. The van der Waals surface area contributed by atoms with Crippen LogP contribution in [0.2, 0.25) is 0 Å². The van der Waals surface area contributed by atoms with Gasteiger partial charge in [0.25, 0.3) is 0 Å². The van der Waals surface area contributed by atoms with Gasteiger partial charge in [-0.25, -0.2) is 17.8 Å². The molecule has 1 aliphatic heterocycles. The van der Waals surface area contributed by atoms with Crippen molar-refractivity contribution in [3.05, 3.63) is 53.9 Å². The second kappa shape index (κ2) is 12.4. The molecule has 2 heterocycles. The van der Waals surface area contributed by atoms with Crippen LogP contribution >= 0.6 is 0 Å². The highest BCUT2D eigenvalue weighted by atomic mass is 32.2. The molecule has 1 aromatic heterocycles. The molecular formula is C24H36FN5O3S. The van der Waals surface area contributed by atoms with E-state index < -0.39 is 16.1 Å². The monoisotopic (exact) mass is 493 g/mol. The highest BCUT2D eigenvalue weighted by Gasteiger charge is 2.37. The number of aromatic nitrogens is 2. The van der Waals surface area contributed by atoms with Crippen LogP contribution in [0.5, 0.6) is 0 Å². The zero-order chi connectivity index (χ0) is 24.6. The summed E-state index contributed by atoms with van der Waals surface area (Å²) in [6.45, 7) is 5.36. The molecule has 0 spiro atoms. The van der Waals surface area contributed by atoms with Crippen molar-refractivity contribution in [1.82, 2.24) is 24.1 Å². The minimum Gasteiger partial charge on any atom is -0.354 e. The van der Waals surface area contributed by atoms with Crippen molar-refractivity contribution in [2.45, 2.75) is 51.6 Å². The maximum absolute atomic E-state index is 13.2. The maximum atomic E-state index is 13.2. The van der Waals surface area contributed by atoms with Gasteiger partial charge in [0.15, 0.2) is 0 Å². The molecule has 0 aliphatic carbocycles. The van der Waals surface area contributed by atoms with Crippen LogP contribution in [0.15, 0.2) is 36.8 Å². The van der Waals surface area contributed by atoms with Crippen LogP contribution in [-0.2, 0) is 27.8 Å². The molecule has 1 fully saturated rings. The number of hydrogen-bond acceptors (Lipinski definition) is 5. The van der Waals surface area contributed by atoms with E-state index in [-0.39, 0.29) is 11.7 Å². The minimum absolute atomic E-state index is 0.270. The van der Waals surface area contributed by atoms with E-state index in [0.29, 0.717) is 39.1 Å². The van der Waals surface area contributed by atoms with Crippen LogP contribution < -0.4 is 5.32 Å². The number of amides is 1. The fourth-order valence-electron chi connectivity index (χ4n) is 4.32. The molecule has 0 bridgehead atoms. The van der Waals surface area contributed by atoms with Crippen molar-refractivity contribution in [2.75, 3.05) is 39.0 Å². The van der Waals surface area contributed by atoms with E-state index in [1.165, 1.54) is 22.9 Å². The Morgan fingerprint density at radius 2 is 1.94 bits per heavy atom. The summed E-state index contributed by atoms with van der Waals surface area (Å²) in [6, 6.07) is 5.60. The highest BCUT2D eigenvalue weighted by molar-refractivity contribution is 7.88. The van der Waals surface area contributed by atoms with Crippen molar-refractivity contribution < 1.29 is 17.6 Å². The normalized spacial score (nSPS) is 17.7. The fraction of sp³-hybridized carbons (Fsp3) is 0.583. The third-order valence-electron chi connectivity index (χ3n) is 6.22. The Labute approximate surface area is 202 Å². The third-order valence-corrected chi connectivity index (χ3v) is 7.51. The fourth-order valence-corrected chi connectivity index (χ4v) is 5.35. The van der Waals surface area contributed by atoms with Crippen LogP contribution in [0.25, 0.3) is 0 Å². The summed E-state index contributed by atoms with van der Waals surface area (Å²) in [7, 11) is -3.48. The van der Waals surface area contributed by atoms with E-state index in [1.807, 2.05) is 4.57 Å². The molecule has 8 nitrogen and oxygen atoms in total. The lowest BCUT2D eigenvalue weighted by Crippen LogP contribution is -2.60. The van der Waals surface area contributed by atoms with Gasteiger partial charge in [0.2, 0.25) is 15.9 Å². The van der Waals surface area contributed by atoms with Gasteiger partial charge in [0.05, 0.1) is 12.6 Å². The van der Waals surface area contributed by atoms with Gasteiger partial charge in [0, 0.05) is 51.0 Å². The summed E-state index contributed by atoms with van der Waals surface area (Å²) < 4.78 is 41.0. The first-order chi connectivity index (χ1) is 16.3. The molecule has 1 unspecified atom stereocenters. The molecule has 2 aromatic rings. The predicted octanol–water partition coefficient (Wildman–Crippen LogP) is 2.26. The second-order valence-corrected chi connectivity index (χ2v) is 10.9. The molecular weight excluding hydrogens is 457 g/mol. The molecule has 1 aliphatic rings. The van der Waals surface area contributed by atoms with Crippen molar-refractivity contribution in [2.24, 2.45) is 0 Å². The van der Waals surface area contributed by atoms with Gasteiger partial charge < -0.3 is 9.88 Å². The number of unbranched alkanes of at least 4 members (excludes halogenated alkanes) is 3. The van der Waals surface area contributed by atoms with Crippen LogP contribution in [-0.4, -0.2) is 78.1 Å². The summed E-state index contributed by atoms with van der Waals surface area (Å²) in [5.41, 5.74) is 1.89. The van der Waals surface area contributed by atoms with Gasteiger partial charge in [-0.3, -0.25) is 9.69 Å². The molecule has 1 atom stereocenters. The summed E-state index contributed by atoms with van der Waals surface area (Å²) >= 11 is 0. The Morgan fingerprint density at radius 1 is 1.18 bits per heavy atom. The molecule has 34 heavy (non-hydrogen) atoms. The van der Waals surface area contributed by atoms with Gasteiger partial charge in [-0.15, -0.1) is 0 Å². The van der Waals surface area contributed by atoms with E-state index in [4.69, 9.17) is 0 Å². The first-order valence-electron chi connectivity index (χ1n) is 12.0. The van der Waals surface area contributed by atoms with Gasteiger partial charge in [0.1, 0.15) is 11.9 Å². The number of carbonyl (C=O) groups excluding carboxylic acids is 1. The third kappa shape index (κ3) is 7.61. The average molecular weight is 494 g/mol. The number of sulfonamides is 1. The first-order valence-corrected chi connectivity index (χ1v) is 13.8. The van der Waals surface area contributed by atoms with Gasteiger partial charge >= 0.3 is 0 Å². The minimum atomic E-state index is -3.48. The molecule has 10 heteroatoms. The molecule has 0 saturated carbocycles. The maximum Gasteiger partial charge on any atom is 0.239 e. The van der Waals surface area contributed by atoms with Crippen LogP contribution in [0.4, 0.5) is 4.39 Å². The number of hydrogen-bond donors (Lipinski definition) is 1. The van der Waals surface area contributed by atoms with E-state index in [0.717, 1.165) is 43.3 Å². The molecule has 3 rings (SSSR count). The molecule has 0 radical (unpaired) electrons. The van der Waals surface area contributed by atoms with E-state index in [2.05, 4.69) is 22.1 Å². The standard InChI is InChI=1S/C24H36FN5O3S/c1-3-4-5-6-13-28-14-15-30(34(2,32)33)23(18-28)24(31)27-12-11-22-16-26-19-29(22)17-20-7-9-21(25)10-8-20/h7-10,16,19,23H,3-6,11-15,17-18H2,1-2H3,(H,27,31). The summed E-state index contributed by atoms with van der Waals surface area (Å²) in [4.78, 5) is 19.4. The molecule has 1 amide bonds. The Morgan fingerprint density at radius 3 is 2.65 bits per heavy atom. The number of piperazine rings is 1. The van der Waals surface area contributed by atoms with E-state index in [1.54, 1.807) is 24.7 Å². The number of imidazole rings is 1. The molecule has 1 N–H and O–H groups in total. The molecule has 1 aromatic carbocycles. The topological polar surface area (TPSA) is 87.5 Å². The van der Waals surface area contributed by atoms with Crippen molar-refractivity contribution in [3.8, 4) is 0 Å². The van der Waals surface area contributed by atoms with Crippen molar-refractivity contribution in [3.63, 3.8) is 0 Å². The smallest absolute Gasteiger partial charge is 0.239 e. The van der Waals surface area contributed by atoms with Gasteiger partial charge in [-0.2, -0.15) is 4.31 Å². The number of carbonyl (C=O) groups is 1. The van der Waals surface area contributed by atoms with Crippen LogP contribution in [0.1, 0.15) is 43.9 Å². The Hall–Kier alpha value is -2.30. The molecule has 188 valence electrons. The quantitative estimate of drug-likeness (QED) is 0.459. The Balaban J connectivity index is 1.55. The average Bonchev–Trinajstić information content (AvgIpc) is 3.24. The lowest BCUT2D eigenvalue weighted by molar-refractivity contribution is -0.126. The van der Waals surface area contributed by atoms with E-state index in [9.17, 15) is 17.6 Å². The zero-order valence-corrected chi connectivity index (χ0v) is 20.9. The largest absolute Gasteiger partial charge is 0.354 e. The lowest BCUT2D eigenvalue weighted by atomic mass is 10.1. The van der Waals surface area contributed by atoms with Crippen LogP contribution in [0.3, 0.4) is 0 Å². The summed E-state index contributed by atoms with van der Waals surface area (Å²) in [5, 5.41) is 2.93. The predicted molar refractivity (Wildman–Crippen MR) is 130 cm³/mol. The summed E-state index contributed by atoms with van der Waals surface area (Å²) in [5.74, 6) is -0.545. The van der Waals surface area contributed by atoms with Gasteiger partial charge in [-0.1, -0.05) is 38.3 Å².